The van der Waals surface area contributed by atoms with Gasteiger partial charge in [-0.25, -0.2) is 9.78 Å². The molecule has 0 saturated carbocycles. The van der Waals surface area contributed by atoms with Crippen molar-refractivity contribution in [3.8, 4) is 0 Å². The van der Waals surface area contributed by atoms with E-state index in [0.717, 1.165) is 0 Å². The Morgan fingerprint density at radius 2 is 1.91 bits per heavy atom. The normalized spacial score (nSPS) is 18.9. The molecule has 1 atom stereocenters. The Bertz CT molecular complexity index is 1040. The number of nitrogens with one attached hydrogen (secondary N) is 1. The largest absolute Gasteiger partial charge is 0.465 e. The SMILES string of the molecule is COC1CCN(c2nc(C(F)(F)F)c(C(=O)Nc3ccc(N4CCN(C(=O)O)CC4)nc3)o2)C1. The highest BCUT2D eigenvalue weighted by Gasteiger charge is 2.42. The zero-order valence-corrected chi connectivity index (χ0v) is 18.2. The minimum atomic E-state index is -4.88. The van der Waals surface area contributed by atoms with Gasteiger partial charge in [-0.3, -0.25) is 4.79 Å². The average molecular weight is 484 g/mol. The topological polar surface area (TPSA) is 124 Å². The highest BCUT2D eigenvalue weighted by Crippen LogP contribution is 2.35. The van der Waals surface area contributed by atoms with Crippen LogP contribution in [0.25, 0.3) is 0 Å². The maximum Gasteiger partial charge on any atom is 0.437 e. The summed E-state index contributed by atoms with van der Waals surface area (Å²) in [6, 6.07) is 2.81. The number of hydrogen-bond acceptors (Lipinski definition) is 8. The third kappa shape index (κ3) is 5.00. The minimum absolute atomic E-state index is 0.157. The van der Waals surface area contributed by atoms with Crippen molar-refractivity contribution in [1.82, 2.24) is 14.9 Å². The van der Waals surface area contributed by atoms with Crippen molar-refractivity contribution in [3.05, 3.63) is 29.8 Å². The molecule has 2 saturated heterocycles. The number of piperazine rings is 1. The molecule has 14 heteroatoms. The summed E-state index contributed by atoms with van der Waals surface area (Å²) in [7, 11) is 1.51. The lowest BCUT2D eigenvalue weighted by Crippen LogP contribution is -2.48. The van der Waals surface area contributed by atoms with Gasteiger partial charge in [-0.15, -0.1) is 0 Å². The van der Waals surface area contributed by atoms with Gasteiger partial charge in [0.15, 0.2) is 5.69 Å². The molecule has 4 heterocycles. The van der Waals surface area contributed by atoms with Crippen molar-refractivity contribution in [2.75, 3.05) is 61.5 Å². The van der Waals surface area contributed by atoms with Crippen molar-refractivity contribution < 1.29 is 37.0 Å². The summed E-state index contributed by atoms with van der Waals surface area (Å²) in [5.41, 5.74) is -1.23. The minimum Gasteiger partial charge on any atom is -0.465 e. The first-order valence-electron chi connectivity index (χ1n) is 10.5. The molecule has 4 rings (SSSR count). The van der Waals surface area contributed by atoms with Crippen LogP contribution in [0.4, 0.5) is 35.5 Å². The molecular weight excluding hydrogens is 461 g/mol. The lowest BCUT2D eigenvalue weighted by Gasteiger charge is -2.33. The number of methoxy groups -OCH3 is 1. The number of anilines is 3. The van der Waals surface area contributed by atoms with E-state index < -0.39 is 29.6 Å². The first-order valence-corrected chi connectivity index (χ1v) is 10.5. The Kier molecular flexibility index (Phi) is 6.50. The maximum atomic E-state index is 13.5. The molecule has 184 valence electrons. The Hall–Kier alpha value is -3.55. The van der Waals surface area contributed by atoms with E-state index in [1.54, 1.807) is 6.07 Å². The summed E-state index contributed by atoms with van der Waals surface area (Å²) < 4.78 is 51.0. The Morgan fingerprint density at radius 1 is 1.18 bits per heavy atom. The number of rotatable bonds is 5. The quantitative estimate of drug-likeness (QED) is 0.658. The number of carbonyl (C=O) groups excluding carboxylic acids is 1. The molecule has 0 aliphatic carbocycles. The summed E-state index contributed by atoms with van der Waals surface area (Å²) in [4.78, 5) is 36.1. The van der Waals surface area contributed by atoms with Crippen LogP contribution in [0.5, 0.6) is 0 Å². The van der Waals surface area contributed by atoms with E-state index in [4.69, 9.17) is 14.3 Å². The van der Waals surface area contributed by atoms with Crippen molar-refractivity contribution in [1.29, 1.82) is 0 Å². The van der Waals surface area contributed by atoms with Crippen molar-refractivity contribution in [2.45, 2.75) is 18.7 Å². The van der Waals surface area contributed by atoms with Crippen LogP contribution in [0, 0.1) is 0 Å². The lowest BCUT2D eigenvalue weighted by atomic mass is 10.3. The van der Waals surface area contributed by atoms with E-state index in [0.29, 0.717) is 51.5 Å². The number of halogens is 3. The van der Waals surface area contributed by atoms with Crippen LogP contribution in [0.1, 0.15) is 22.7 Å². The number of pyridine rings is 1. The molecule has 2 aromatic rings. The fourth-order valence-corrected chi connectivity index (χ4v) is 3.85. The third-order valence-electron chi connectivity index (χ3n) is 5.72. The maximum absolute atomic E-state index is 13.5. The van der Waals surface area contributed by atoms with Crippen LogP contribution in [-0.4, -0.2) is 84.5 Å². The zero-order chi connectivity index (χ0) is 24.5. The summed E-state index contributed by atoms with van der Waals surface area (Å²) in [6.07, 6.45) is -4.11. The monoisotopic (exact) mass is 484 g/mol. The Labute approximate surface area is 192 Å². The molecule has 2 aliphatic heterocycles. The second kappa shape index (κ2) is 9.37. The highest BCUT2D eigenvalue weighted by molar-refractivity contribution is 6.03. The molecule has 2 N–H and O–H groups in total. The Balaban J connectivity index is 1.45. The molecule has 0 radical (unpaired) electrons. The predicted molar refractivity (Wildman–Crippen MR) is 113 cm³/mol. The second-order valence-corrected chi connectivity index (χ2v) is 7.88. The summed E-state index contributed by atoms with van der Waals surface area (Å²) in [5.74, 6) is -1.47. The van der Waals surface area contributed by atoms with Gasteiger partial charge in [0.25, 0.3) is 11.9 Å². The second-order valence-electron chi connectivity index (χ2n) is 7.88. The number of alkyl halides is 3. The van der Waals surface area contributed by atoms with E-state index in [9.17, 15) is 22.8 Å². The van der Waals surface area contributed by atoms with Crippen LogP contribution >= 0.6 is 0 Å². The third-order valence-corrected chi connectivity index (χ3v) is 5.72. The molecular formula is C20H23F3N6O5. The van der Waals surface area contributed by atoms with Crippen LogP contribution in [-0.2, 0) is 10.9 Å². The molecule has 2 amide bonds. The first kappa shape index (κ1) is 23.6. The number of carboxylic acid groups (broad SMARTS) is 1. The summed E-state index contributed by atoms with van der Waals surface area (Å²) in [5, 5.41) is 11.4. The molecule has 2 aliphatic rings. The molecule has 0 aromatic carbocycles. The van der Waals surface area contributed by atoms with Gasteiger partial charge in [0, 0.05) is 46.4 Å². The fraction of sp³-hybridized carbons (Fsp3) is 0.500. The van der Waals surface area contributed by atoms with Gasteiger partial charge in [0.1, 0.15) is 5.82 Å². The molecule has 1 unspecified atom stereocenters. The van der Waals surface area contributed by atoms with Gasteiger partial charge in [0.2, 0.25) is 5.76 Å². The van der Waals surface area contributed by atoms with E-state index >= 15 is 0 Å². The highest BCUT2D eigenvalue weighted by atomic mass is 19.4. The number of nitrogens with zero attached hydrogens (tertiary/aromatic N) is 5. The van der Waals surface area contributed by atoms with Crippen LogP contribution in [0.3, 0.4) is 0 Å². The van der Waals surface area contributed by atoms with Gasteiger partial charge in [-0.2, -0.15) is 18.2 Å². The van der Waals surface area contributed by atoms with E-state index in [1.807, 2.05) is 4.90 Å². The number of oxazole rings is 1. The number of aromatic nitrogens is 2. The van der Waals surface area contributed by atoms with Crippen molar-refractivity contribution in [3.63, 3.8) is 0 Å². The van der Waals surface area contributed by atoms with Crippen LogP contribution in [0.15, 0.2) is 22.7 Å². The van der Waals surface area contributed by atoms with Gasteiger partial charge >= 0.3 is 12.3 Å². The number of amides is 2. The first-order chi connectivity index (χ1) is 16.2. The van der Waals surface area contributed by atoms with E-state index in [1.165, 1.54) is 29.2 Å². The molecule has 11 nitrogen and oxygen atoms in total. The van der Waals surface area contributed by atoms with Gasteiger partial charge in [-0.1, -0.05) is 0 Å². The Morgan fingerprint density at radius 3 is 2.47 bits per heavy atom. The molecule has 2 fully saturated rings. The van der Waals surface area contributed by atoms with E-state index in [-0.39, 0.29) is 17.8 Å². The van der Waals surface area contributed by atoms with Crippen molar-refractivity contribution >= 4 is 29.5 Å². The predicted octanol–water partition coefficient (Wildman–Crippen LogP) is 2.37. The number of ether oxygens (including phenoxy) is 1. The molecule has 34 heavy (non-hydrogen) atoms. The average Bonchev–Trinajstić information content (AvgIpc) is 3.47. The van der Waals surface area contributed by atoms with Gasteiger partial charge in [0.05, 0.1) is 18.0 Å². The molecule has 2 aromatic heterocycles. The number of hydrogen-bond donors (Lipinski definition) is 2. The zero-order valence-electron chi connectivity index (χ0n) is 18.2. The van der Waals surface area contributed by atoms with E-state index in [2.05, 4.69) is 15.3 Å². The smallest absolute Gasteiger partial charge is 0.437 e. The summed E-state index contributed by atoms with van der Waals surface area (Å²) >= 11 is 0. The van der Waals surface area contributed by atoms with Crippen LogP contribution < -0.4 is 15.1 Å². The van der Waals surface area contributed by atoms with Crippen LogP contribution in [0.2, 0.25) is 0 Å². The summed E-state index contributed by atoms with van der Waals surface area (Å²) in [6.45, 7) is 2.24. The molecule has 0 spiro atoms. The number of carbonyl (C=O) groups is 2. The fourth-order valence-electron chi connectivity index (χ4n) is 3.85. The lowest BCUT2D eigenvalue weighted by molar-refractivity contribution is -0.141. The molecule has 0 bridgehead atoms. The van der Waals surface area contributed by atoms with Gasteiger partial charge in [-0.05, 0) is 18.6 Å². The standard InChI is InChI=1S/C20H23F3N6O5/c1-33-13-4-5-29(11-13)18-26-16(20(21,22)23)15(34-18)17(30)25-12-2-3-14(24-10-12)27-6-8-28(9-7-27)19(31)32/h2-3,10,13H,4-9,11H2,1H3,(H,25,30)(H,31,32). The van der Waals surface area contributed by atoms with Crippen molar-refractivity contribution in [2.24, 2.45) is 0 Å². The van der Waals surface area contributed by atoms with Gasteiger partial charge < -0.3 is 34.3 Å².